The second-order valence-corrected chi connectivity index (χ2v) is 12.7. The number of rotatable bonds is 4. The van der Waals surface area contributed by atoms with Gasteiger partial charge in [0.1, 0.15) is 0 Å². The number of allylic oxidation sites excluding steroid dienone is 5. The van der Waals surface area contributed by atoms with E-state index in [9.17, 15) is 18.0 Å². The first kappa shape index (κ1) is 21.2. The van der Waals surface area contributed by atoms with E-state index in [2.05, 4.69) is 25.7 Å². The minimum atomic E-state index is -4.36. The molecule has 0 aromatic heterocycles. The molecule has 0 aliphatic heterocycles. The van der Waals surface area contributed by atoms with Crippen molar-refractivity contribution in [3.05, 3.63) is 64.4 Å². The van der Waals surface area contributed by atoms with Crippen LogP contribution in [0.5, 0.6) is 0 Å². The number of esters is 1. The molecular formula is C21H25F3O2Si. The van der Waals surface area contributed by atoms with Crippen molar-refractivity contribution >= 4 is 19.6 Å². The molecule has 2 rings (SSSR count). The van der Waals surface area contributed by atoms with E-state index in [0.717, 1.165) is 29.7 Å². The van der Waals surface area contributed by atoms with E-state index >= 15 is 0 Å². The summed E-state index contributed by atoms with van der Waals surface area (Å²) in [6.45, 7) is 8.77. The highest BCUT2D eigenvalue weighted by Gasteiger charge is 2.30. The van der Waals surface area contributed by atoms with Gasteiger partial charge in [-0.1, -0.05) is 49.1 Å². The molecule has 1 aliphatic rings. The van der Waals surface area contributed by atoms with Crippen LogP contribution in [0.4, 0.5) is 13.2 Å². The number of ether oxygens (including phenoxy) is 1. The summed E-state index contributed by atoms with van der Waals surface area (Å²) in [7, 11) is -1.59. The third kappa shape index (κ3) is 5.96. The van der Waals surface area contributed by atoms with Crippen molar-refractivity contribution in [1.29, 1.82) is 0 Å². The Kier molecular flexibility index (Phi) is 6.52. The Labute approximate surface area is 159 Å². The van der Waals surface area contributed by atoms with Gasteiger partial charge in [0.05, 0.1) is 20.2 Å². The first-order chi connectivity index (χ1) is 12.5. The Morgan fingerprint density at radius 2 is 1.74 bits per heavy atom. The van der Waals surface area contributed by atoms with E-state index in [1.165, 1.54) is 23.4 Å². The molecule has 0 fully saturated rings. The van der Waals surface area contributed by atoms with Gasteiger partial charge in [-0.25, -0.2) is 4.79 Å². The number of carbonyl (C=O) groups excluding carboxylic acids is 1. The molecule has 1 aliphatic carbocycles. The number of hydrogen-bond acceptors (Lipinski definition) is 2. The summed E-state index contributed by atoms with van der Waals surface area (Å²) in [5.74, 6) is -0.396. The molecule has 27 heavy (non-hydrogen) atoms. The molecule has 0 saturated heterocycles. The second kappa shape index (κ2) is 8.29. The van der Waals surface area contributed by atoms with E-state index in [4.69, 9.17) is 4.74 Å². The van der Waals surface area contributed by atoms with E-state index in [-0.39, 0.29) is 0 Å². The fraction of sp³-hybridized carbons (Fsp3) is 0.381. The largest absolute Gasteiger partial charge is 0.463 e. The van der Waals surface area contributed by atoms with Crippen molar-refractivity contribution in [3.8, 4) is 0 Å². The molecule has 0 atom stereocenters. The first-order valence-electron chi connectivity index (χ1n) is 8.98. The predicted molar refractivity (Wildman–Crippen MR) is 105 cm³/mol. The van der Waals surface area contributed by atoms with Crippen LogP contribution in [0.25, 0.3) is 5.57 Å². The molecule has 0 unspecified atom stereocenters. The fourth-order valence-electron chi connectivity index (χ4n) is 2.91. The molecule has 0 spiro atoms. The monoisotopic (exact) mass is 394 g/mol. The van der Waals surface area contributed by atoms with Crippen LogP contribution in [0.1, 0.15) is 30.9 Å². The minimum absolute atomic E-state index is 0.302. The highest BCUT2D eigenvalue weighted by Crippen LogP contribution is 2.34. The van der Waals surface area contributed by atoms with Crippen LogP contribution in [0, 0.1) is 0 Å². The Morgan fingerprint density at radius 1 is 1.11 bits per heavy atom. The lowest BCUT2D eigenvalue weighted by Gasteiger charge is -2.20. The molecule has 0 amide bonds. The lowest BCUT2D eigenvalue weighted by molar-refractivity contribution is -0.138. The van der Waals surface area contributed by atoms with Crippen molar-refractivity contribution in [3.63, 3.8) is 0 Å². The zero-order valence-corrected chi connectivity index (χ0v) is 17.1. The zero-order valence-electron chi connectivity index (χ0n) is 16.1. The normalized spacial score (nSPS) is 17.2. The molecule has 6 heteroatoms. The van der Waals surface area contributed by atoms with Crippen LogP contribution >= 0.6 is 0 Å². The Balaban J connectivity index is 2.46. The van der Waals surface area contributed by atoms with Crippen LogP contribution < -0.4 is 0 Å². The maximum Gasteiger partial charge on any atom is 0.416 e. The second-order valence-electron chi connectivity index (χ2n) is 7.57. The molecule has 146 valence electrons. The van der Waals surface area contributed by atoms with E-state index in [0.29, 0.717) is 18.6 Å². The predicted octanol–water partition coefficient (Wildman–Crippen LogP) is 6.18. The molecular weight excluding hydrogens is 369 g/mol. The average Bonchev–Trinajstić information content (AvgIpc) is 2.77. The third-order valence-corrected chi connectivity index (χ3v) is 6.77. The molecule has 0 bridgehead atoms. The molecule has 0 N–H and O–H groups in total. The standard InChI is InChI=1S/C21H25F3O2Si/c1-5-26-20(25)13-15-6-11-19(27(2,3)4)14-17(12-15)16-7-9-18(10-8-16)21(22,23)24/h7-10,12-14H,5-6,11H2,1-4H3/b15-13+. The van der Waals surface area contributed by atoms with Gasteiger partial charge in [-0.05, 0) is 48.6 Å². The smallest absolute Gasteiger partial charge is 0.416 e. The summed E-state index contributed by atoms with van der Waals surface area (Å²) < 4.78 is 43.5. The van der Waals surface area contributed by atoms with Crippen molar-refractivity contribution in [2.24, 2.45) is 0 Å². The third-order valence-electron chi connectivity index (χ3n) is 4.45. The summed E-state index contributed by atoms with van der Waals surface area (Å²) >= 11 is 0. The van der Waals surface area contributed by atoms with Gasteiger partial charge in [0.2, 0.25) is 0 Å². The number of alkyl halides is 3. The number of halogens is 3. The van der Waals surface area contributed by atoms with Gasteiger partial charge in [0, 0.05) is 6.08 Å². The molecule has 0 saturated carbocycles. The summed E-state index contributed by atoms with van der Waals surface area (Å²) in [6, 6.07) is 5.16. The SMILES string of the molecule is CCOC(=O)/C=C1/C=C(c2ccc(C(F)(F)F)cc2)C=C([Si](C)(C)C)CC1. The Morgan fingerprint density at radius 3 is 2.26 bits per heavy atom. The van der Waals surface area contributed by atoms with Crippen molar-refractivity contribution in [2.45, 2.75) is 45.6 Å². The number of carbonyl (C=O) groups is 1. The molecule has 2 nitrogen and oxygen atoms in total. The van der Waals surface area contributed by atoms with Crippen molar-refractivity contribution in [1.82, 2.24) is 0 Å². The highest BCUT2D eigenvalue weighted by atomic mass is 28.3. The van der Waals surface area contributed by atoms with Crippen LogP contribution in [0.2, 0.25) is 19.6 Å². The Hall–Kier alpha value is -2.08. The molecule has 0 heterocycles. The van der Waals surface area contributed by atoms with Crippen LogP contribution in [0.3, 0.4) is 0 Å². The quantitative estimate of drug-likeness (QED) is 0.346. The van der Waals surface area contributed by atoms with Gasteiger partial charge < -0.3 is 4.74 Å². The van der Waals surface area contributed by atoms with Gasteiger partial charge >= 0.3 is 12.1 Å². The van der Waals surface area contributed by atoms with Crippen molar-refractivity contribution < 1.29 is 22.7 Å². The topological polar surface area (TPSA) is 26.3 Å². The lowest BCUT2D eigenvalue weighted by atomic mass is 10.0. The fourth-order valence-corrected chi connectivity index (χ4v) is 4.37. The van der Waals surface area contributed by atoms with Crippen LogP contribution in [-0.4, -0.2) is 20.7 Å². The summed E-state index contributed by atoms with van der Waals surface area (Å²) in [6.07, 6.45) is 2.63. The summed E-state index contributed by atoms with van der Waals surface area (Å²) in [4.78, 5) is 11.8. The van der Waals surface area contributed by atoms with Crippen molar-refractivity contribution in [2.75, 3.05) is 6.61 Å². The van der Waals surface area contributed by atoms with E-state index < -0.39 is 25.8 Å². The lowest BCUT2D eigenvalue weighted by Crippen LogP contribution is -2.23. The van der Waals surface area contributed by atoms with Gasteiger partial charge in [0.15, 0.2) is 0 Å². The van der Waals surface area contributed by atoms with Crippen LogP contribution in [0.15, 0.2) is 53.3 Å². The molecule has 0 radical (unpaired) electrons. The molecule has 1 aromatic rings. The average molecular weight is 395 g/mol. The first-order valence-corrected chi connectivity index (χ1v) is 12.5. The number of benzene rings is 1. The summed E-state index contributed by atoms with van der Waals surface area (Å²) in [5, 5.41) is 1.32. The van der Waals surface area contributed by atoms with E-state index in [1.807, 2.05) is 6.08 Å². The van der Waals surface area contributed by atoms with E-state index in [1.54, 1.807) is 6.92 Å². The van der Waals surface area contributed by atoms with Gasteiger partial charge in [-0.15, -0.1) is 0 Å². The maximum absolute atomic E-state index is 12.8. The zero-order chi connectivity index (χ0) is 20.2. The summed E-state index contributed by atoms with van der Waals surface area (Å²) in [5.41, 5.74) is 1.69. The van der Waals surface area contributed by atoms with Gasteiger partial charge in [-0.3, -0.25) is 0 Å². The van der Waals surface area contributed by atoms with Crippen LogP contribution in [-0.2, 0) is 15.7 Å². The highest BCUT2D eigenvalue weighted by molar-refractivity contribution is 6.83. The van der Waals surface area contributed by atoms with Gasteiger partial charge in [-0.2, -0.15) is 13.2 Å². The number of hydrogen-bond donors (Lipinski definition) is 0. The minimum Gasteiger partial charge on any atom is -0.463 e. The Bertz CT molecular complexity index is 779. The maximum atomic E-state index is 12.8. The molecule has 1 aromatic carbocycles. The van der Waals surface area contributed by atoms with Gasteiger partial charge in [0.25, 0.3) is 0 Å².